The lowest BCUT2D eigenvalue weighted by Crippen LogP contribution is -2.45. The van der Waals surface area contributed by atoms with E-state index in [1.54, 1.807) is 0 Å². The van der Waals surface area contributed by atoms with Crippen LogP contribution in [0.2, 0.25) is 0 Å². The van der Waals surface area contributed by atoms with Gasteiger partial charge < -0.3 is 20.4 Å². The molecule has 6 atom stereocenters. The van der Waals surface area contributed by atoms with Crippen molar-refractivity contribution in [2.45, 2.75) is 32.3 Å². The molecule has 0 radical (unpaired) electrons. The number of hydrogen-bond donors (Lipinski definition) is 4. The molecule has 116 valence electrons. The Morgan fingerprint density at radius 2 is 2.00 bits per heavy atom. The monoisotopic (exact) mass is 296 g/mol. The van der Waals surface area contributed by atoms with Crippen LogP contribution in [-0.4, -0.2) is 45.1 Å². The van der Waals surface area contributed by atoms with Crippen LogP contribution in [0.15, 0.2) is 11.6 Å². The summed E-state index contributed by atoms with van der Waals surface area (Å²) in [5.74, 6) is -3.30. The number of carboxylic acid groups (broad SMARTS) is 2. The van der Waals surface area contributed by atoms with Gasteiger partial charge in [-0.25, -0.2) is 4.79 Å². The third kappa shape index (κ3) is 1.54. The van der Waals surface area contributed by atoms with E-state index >= 15 is 0 Å². The zero-order valence-electron chi connectivity index (χ0n) is 11.8. The van der Waals surface area contributed by atoms with Gasteiger partial charge in [0.2, 0.25) is 0 Å². The summed E-state index contributed by atoms with van der Waals surface area (Å²) in [4.78, 5) is 23.0. The molecular formula is C15H20O6. The van der Waals surface area contributed by atoms with Crippen LogP contribution < -0.4 is 0 Å². The van der Waals surface area contributed by atoms with Crippen molar-refractivity contribution in [1.29, 1.82) is 0 Å². The van der Waals surface area contributed by atoms with Gasteiger partial charge in [0.25, 0.3) is 0 Å². The van der Waals surface area contributed by atoms with E-state index in [0.717, 1.165) is 0 Å². The van der Waals surface area contributed by atoms with Crippen molar-refractivity contribution in [3.05, 3.63) is 11.6 Å². The molecule has 0 aromatic heterocycles. The first-order valence-electron chi connectivity index (χ1n) is 7.25. The Bertz CT molecular complexity index is 540. The molecular weight excluding hydrogens is 276 g/mol. The largest absolute Gasteiger partial charge is 0.481 e. The van der Waals surface area contributed by atoms with Gasteiger partial charge in [-0.2, -0.15) is 0 Å². The molecule has 2 fully saturated rings. The quantitative estimate of drug-likeness (QED) is 0.602. The Kier molecular flexibility index (Phi) is 2.98. The lowest BCUT2D eigenvalue weighted by Gasteiger charge is -2.40. The molecule has 0 aromatic rings. The molecule has 4 N–H and O–H groups in total. The van der Waals surface area contributed by atoms with Crippen molar-refractivity contribution in [2.24, 2.45) is 28.6 Å². The highest BCUT2D eigenvalue weighted by Crippen LogP contribution is 2.71. The molecule has 3 aliphatic rings. The SMILES string of the molecule is C[C@@]1(CO)C2CC3(C(O)C=C2C(=O)O)C1CC[C@H]3C(=O)O. The Morgan fingerprint density at radius 1 is 1.33 bits per heavy atom. The van der Waals surface area contributed by atoms with E-state index in [4.69, 9.17) is 0 Å². The molecule has 3 rings (SSSR count). The Balaban J connectivity index is 2.17. The zero-order valence-corrected chi connectivity index (χ0v) is 11.8. The zero-order chi connectivity index (χ0) is 15.6. The van der Waals surface area contributed by atoms with E-state index < -0.39 is 40.7 Å². The van der Waals surface area contributed by atoms with Crippen LogP contribution in [0.1, 0.15) is 26.2 Å². The van der Waals surface area contributed by atoms with Crippen LogP contribution in [0.3, 0.4) is 0 Å². The van der Waals surface area contributed by atoms with Gasteiger partial charge in [-0.1, -0.05) is 6.92 Å². The molecule has 0 aliphatic heterocycles. The third-order valence-electron chi connectivity index (χ3n) is 6.34. The first-order valence-corrected chi connectivity index (χ1v) is 7.25. The lowest BCUT2D eigenvalue weighted by molar-refractivity contribution is -0.150. The van der Waals surface area contributed by atoms with Crippen molar-refractivity contribution in [2.75, 3.05) is 6.61 Å². The van der Waals surface area contributed by atoms with Crippen LogP contribution in [0.4, 0.5) is 0 Å². The number of aliphatic hydroxyl groups is 2. The number of aliphatic carboxylic acids is 2. The molecule has 2 bridgehead atoms. The maximum Gasteiger partial charge on any atom is 0.331 e. The average Bonchev–Trinajstić information content (AvgIpc) is 2.89. The van der Waals surface area contributed by atoms with E-state index in [-0.39, 0.29) is 18.1 Å². The van der Waals surface area contributed by atoms with Crippen molar-refractivity contribution < 1.29 is 30.0 Å². The molecule has 0 amide bonds. The smallest absolute Gasteiger partial charge is 0.331 e. The van der Waals surface area contributed by atoms with Crippen molar-refractivity contribution >= 4 is 11.9 Å². The molecule has 1 spiro atoms. The van der Waals surface area contributed by atoms with E-state index in [2.05, 4.69) is 0 Å². The van der Waals surface area contributed by atoms with E-state index in [9.17, 15) is 30.0 Å². The predicted octanol–water partition coefficient (Wildman–Crippen LogP) is 0.488. The minimum absolute atomic E-state index is 0.114. The van der Waals surface area contributed by atoms with Crippen molar-refractivity contribution in [3.8, 4) is 0 Å². The summed E-state index contributed by atoms with van der Waals surface area (Å²) in [6.07, 6.45) is 1.62. The number of hydrogen-bond acceptors (Lipinski definition) is 4. The second-order valence-electron chi connectivity index (χ2n) is 6.93. The van der Waals surface area contributed by atoms with Crippen molar-refractivity contribution in [1.82, 2.24) is 0 Å². The second kappa shape index (κ2) is 4.30. The fourth-order valence-corrected chi connectivity index (χ4v) is 5.41. The third-order valence-corrected chi connectivity index (χ3v) is 6.34. The molecule has 0 saturated heterocycles. The summed E-state index contributed by atoms with van der Waals surface area (Å²) in [6, 6.07) is 0. The van der Waals surface area contributed by atoms with Crippen LogP contribution in [-0.2, 0) is 9.59 Å². The van der Waals surface area contributed by atoms with Crippen LogP contribution >= 0.6 is 0 Å². The van der Waals surface area contributed by atoms with Crippen LogP contribution in [0, 0.1) is 28.6 Å². The van der Waals surface area contributed by atoms with Gasteiger partial charge in [-0.3, -0.25) is 4.79 Å². The van der Waals surface area contributed by atoms with Crippen LogP contribution in [0.5, 0.6) is 0 Å². The first kappa shape index (κ1) is 14.5. The molecule has 3 aliphatic carbocycles. The Labute approximate surface area is 122 Å². The van der Waals surface area contributed by atoms with E-state index in [1.165, 1.54) is 6.08 Å². The van der Waals surface area contributed by atoms with Gasteiger partial charge >= 0.3 is 11.9 Å². The molecule has 0 heterocycles. The molecule has 0 aromatic carbocycles. The summed E-state index contributed by atoms with van der Waals surface area (Å²) in [6.45, 7) is 1.62. The second-order valence-corrected chi connectivity index (χ2v) is 6.93. The molecule has 21 heavy (non-hydrogen) atoms. The Hall–Kier alpha value is -1.40. The molecule has 6 heteroatoms. The predicted molar refractivity (Wildman–Crippen MR) is 71.3 cm³/mol. The Morgan fingerprint density at radius 3 is 2.52 bits per heavy atom. The highest BCUT2D eigenvalue weighted by Gasteiger charge is 2.71. The highest BCUT2D eigenvalue weighted by atomic mass is 16.4. The number of carbonyl (C=O) groups is 2. The first-order chi connectivity index (χ1) is 9.79. The fraction of sp³-hybridized carbons (Fsp3) is 0.733. The summed E-state index contributed by atoms with van der Waals surface area (Å²) in [5, 5.41) is 39.3. The minimum atomic E-state index is -1.10. The topological polar surface area (TPSA) is 115 Å². The van der Waals surface area contributed by atoms with E-state index in [0.29, 0.717) is 19.3 Å². The van der Waals surface area contributed by atoms with E-state index in [1.807, 2.05) is 6.92 Å². The average molecular weight is 296 g/mol. The maximum atomic E-state index is 11.6. The molecule has 6 nitrogen and oxygen atoms in total. The highest BCUT2D eigenvalue weighted by molar-refractivity contribution is 5.88. The number of fused-ring (bicyclic) bond motifs is 1. The lowest BCUT2D eigenvalue weighted by atomic mass is 9.65. The van der Waals surface area contributed by atoms with Crippen molar-refractivity contribution in [3.63, 3.8) is 0 Å². The number of aliphatic hydroxyl groups excluding tert-OH is 2. The van der Waals surface area contributed by atoms with Gasteiger partial charge in [-0.05, 0) is 37.2 Å². The summed E-state index contributed by atoms with van der Waals surface area (Å²) >= 11 is 0. The molecule has 4 unspecified atom stereocenters. The fourth-order valence-electron chi connectivity index (χ4n) is 5.41. The van der Waals surface area contributed by atoms with Gasteiger partial charge in [0, 0.05) is 23.0 Å². The summed E-state index contributed by atoms with van der Waals surface area (Å²) < 4.78 is 0. The maximum absolute atomic E-state index is 11.6. The molecule has 2 saturated carbocycles. The standard InChI is InChI=1S/C15H20O6/c1-14(6-16)9-5-15(11(17)4-7(9)12(18)19)8(13(20)21)2-3-10(14)15/h4,8-11,16-17H,2-3,5-6H2,1H3,(H,18,19)(H,20,21)/t8-,9?,10?,11?,14+,15?/m0/s1. The van der Waals surface area contributed by atoms with Crippen LogP contribution in [0.25, 0.3) is 0 Å². The van der Waals surface area contributed by atoms with Gasteiger partial charge in [0.05, 0.1) is 12.0 Å². The number of carboxylic acids is 2. The summed E-state index contributed by atoms with van der Waals surface area (Å²) in [5.41, 5.74) is -1.41. The van der Waals surface area contributed by atoms with Gasteiger partial charge in [-0.15, -0.1) is 0 Å². The minimum Gasteiger partial charge on any atom is -0.481 e. The van der Waals surface area contributed by atoms with Gasteiger partial charge in [0.15, 0.2) is 0 Å². The van der Waals surface area contributed by atoms with Gasteiger partial charge in [0.1, 0.15) is 0 Å². The summed E-state index contributed by atoms with van der Waals surface area (Å²) in [7, 11) is 0. The number of rotatable bonds is 3. The normalized spacial score (nSPS) is 47.9.